The van der Waals surface area contributed by atoms with Crippen LogP contribution in [0.25, 0.3) is 11.5 Å². The van der Waals surface area contributed by atoms with Crippen molar-refractivity contribution in [1.82, 2.24) is 15.5 Å². The third kappa shape index (κ3) is 5.91. The van der Waals surface area contributed by atoms with Crippen LogP contribution in [0.3, 0.4) is 0 Å². The summed E-state index contributed by atoms with van der Waals surface area (Å²) in [6, 6.07) is 15.2. The first-order chi connectivity index (χ1) is 15.0. The van der Waals surface area contributed by atoms with Crippen molar-refractivity contribution >= 4 is 11.9 Å². The van der Waals surface area contributed by atoms with Gasteiger partial charge in [-0.15, -0.1) is 10.2 Å². The predicted octanol–water partition coefficient (Wildman–Crippen LogP) is 3.63. The Bertz CT molecular complexity index is 1000. The second-order valence-corrected chi connectivity index (χ2v) is 7.13. The van der Waals surface area contributed by atoms with Crippen LogP contribution in [0.15, 0.2) is 59.0 Å². The topological polar surface area (TPSA) is 104 Å². The number of nitrogens with one attached hydrogen (secondary N) is 1. The van der Waals surface area contributed by atoms with E-state index in [0.29, 0.717) is 23.8 Å². The van der Waals surface area contributed by atoms with Crippen LogP contribution >= 0.6 is 0 Å². The van der Waals surface area contributed by atoms with Gasteiger partial charge >= 0.3 is 5.97 Å². The van der Waals surface area contributed by atoms with Crippen LogP contribution in [0.5, 0.6) is 5.75 Å². The zero-order valence-corrected chi connectivity index (χ0v) is 17.7. The lowest BCUT2D eigenvalue weighted by Crippen LogP contribution is -2.45. The lowest BCUT2D eigenvalue weighted by Gasteiger charge is -2.20. The van der Waals surface area contributed by atoms with E-state index in [4.69, 9.17) is 13.9 Å². The number of amides is 1. The van der Waals surface area contributed by atoms with Crippen molar-refractivity contribution in [3.8, 4) is 17.2 Å². The molecule has 1 heterocycles. The lowest BCUT2D eigenvalue weighted by molar-refractivity contribution is -0.149. The van der Waals surface area contributed by atoms with Crippen LogP contribution in [-0.2, 0) is 16.1 Å². The summed E-state index contributed by atoms with van der Waals surface area (Å²) in [5, 5.41) is 10.6. The fourth-order valence-corrected chi connectivity index (χ4v) is 2.82. The summed E-state index contributed by atoms with van der Waals surface area (Å²) in [7, 11) is 0. The molecule has 31 heavy (non-hydrogen) atoms. The summed E-state index contributed by atoms with van der Waals surface area (Å²) >= 11 is 0. The summed E-state index contributed by atoms with van der Waals surface area (Å²) < 4.78 is 16.2. The highest BCUT2D eigenvalue weighted by molar-refractivity contribution is 5.96. The van der Waals surface area contributed by atoms with E-state index in [1.165, 1.54) is 0 Å². The molecular weight excluding hydrogens is 398 g/mol. The number of esters is 1. The zero-order valence-electron chi connectivity index (χ0n) is 17.7. The number of nitrogens with zero attached hydrogens (tertiary/aromatic N) is 2. The molecule has 0 spiro atoms. The first-order valence-corrected chi connectivity index (χ1v) is 10.1. The molecule has 1 atom stereocenters. The van der Waals surface area contributed by atoms with Crippen LogP contribution in [-0.4, -0.2) is 34.7 Å². The Morgan fingerprint density at radius 2 is 1.74 bits per heavy atom. The van der Waals surface area contributed by atoms with Crippen LogP contribution in [0, 0.1) is 5.92 Å². The molecule has 0 aliphatic heterocycles. The average Bonchev–Trinajstić information content (AvgIpc) is 3.26. The monoisotopic (exact) mass is 423 g/mol. The maximum absolute atomic E-state index is 12.6. The Morgan fingerprint density at radius 3 is 2.39 bits per heavy atom. The Labute approximate surface area is 180 Å². The summed E-state index contributed by atoms with van der Waals surface area (Å²) in [6.45, 7) is 5.89. The molecule has 0 saturated heterocycles. The summed E-state index contributed by atoms with van der Waals surface area (Å²) in [5.41, 5.74) is 1.20. The number of rotatable bonds is 9. The highest BCUT2D eigenvalue weighted by Crippen LogP contribution is 2.18. The van der Waals surface area contributed by atoms with Gasteiger partial charge < -0.3 is 19.2 Å². The molecule has 3 rings (SSSR count). The molecule has 8 nitrogen and oxygen atoms in total. The van der Waals surface area contributed by atoms with Gasteiger partial charge in [0.2, 0.25) is 5.89 Å². The molecule has 1 N–H and O–H groups in total. The molecule has 162 valence electrons. The number of ether oxygens (including phenoxy) is 2. The van der Waals surface area contributed by atoms with Crippen LogP contribution in [0.4, 0.5) is 0 Å². The molecule has 0 radical (unpaired) electrons. The maximum Gasteiger partial charge on any atom is 0.329 e. The van der Waals surface area contributed by atoms with Gasteiger partial charge in [-0.3, -0.25) is 4.79 Å². The summed E-state index contributed by atoms with van der Waals surface area (Å²) in [6.07, 6.45) is 0. The zero-order chi connectivity index (χ0) is 22.2. The van der Waals surface area contributed by atoms with Crippen molar-refractivity contribution in [3.63, 3.8) is 0 Å². The van der Waals surface area contributed by atoms with Crippen LogP contribution in [0.2, 0.25) is 0 Å². The molecule has 2 aromatic carbocycles. The number of carbonyl (C=O) groups is 2. The minimum Gasteiger partial charge on any atom is -0.494 e. The molecule has 0 aliphatic carbocycles. The number of hydrogen-bond acceptors (Lipinski definition) is 7. The van der Waals surface area contributed by atoms with Crippen molar-refractivity contribution in [2.45, 2.75) is 33.4 Å². The largest absolute Gasteiger partial charge is 0.494 e. The molecule has 0 fully saturated rings. The molecule has 0 bridgehead atoms. The molecule has 3 aromatic rings. The van der Waals surface area contributed by atoms with Crippen LogP contribution < -0.4 is 10.1 Å². The second kappa shape index (κ2) is 10.4. The van der Waals surface area contributed by atoms with E-state index in [9.17, 15) is 9.59 Å². The van der Waals surface area contributed by atoms with Gasteiger partial charge in [0.25, 0.3) is 11.8 Å². The summed E-state index contributed by atoms with van der Waals surface area (Å²) in [4.78, 5) is 25.2. The number of carbonyl (C=O) groups excluding carboxylic acids is 2. The minimum atomic E-state index is -0.824. The molecule has 0 unspecified atom stereocenters. The van der Waals surface area contributed by atoms with Crippen molar-refractivity contribution in [2.24, 2.45) is 5.92 Å². The van der Waals surface area contributed by atoms with Crippen molar-refractivity contribution in [3.05, 3.63) is 66.1 Å². The average molecular weight is 423 g/mol. The lowest BCUT2D eigenvalue weighted by atomic mass is 10.0. The fourth-order valence-electron chi connectivity index (χ4n) is 2.82. The van der Waals surface area contributed by atoms with E-state index >= 15 is 0 Å². The SMILES string of the molecule is CCOc1ccc(C(=O)N[C@H](C(=O)OCc2nnc(-c3ccccc3)o2)C(C)C)cc1. The Kier molecular flexibility index (Phi) is 7.37. The van der Waals surface area contributed by atoms with E-state index in [-0.39, 0.29) is 24.3 Å². The maximum atomic E-state index is 12.6. The predicted molar refractivity (Wildman–Crippen MR) is 113 cm³/mol. The van der Waals surface area contributed by atoms with Crippen molar-refractivity contribution in [2.75, 3.05) is 6.61 Å². The highest BCUT2D eigenvalue weighted by atomic mass is 16.5. The minimum absolute atomic E-state index is 0.174. The first kappa shape index (κ1) is 22.0. The molecule has 0 aliphatic rings. The summed E-state index contributed by atoms with van der Waals surface area (Å²) in [5.74, 6) is 0.0648. The number of aromatic nitrogens is 2. The Balaban J connectivity index is 1.59. The van der Waals surface area contributed by atoms with Gasteiger partial charge in [0.1, 0.15) is 11.8 Å². The Hall–Kier alpha value is -3.68. The van der Waals surface area contributed by atoms with Gasteiger partial charge in [0, 0.05) is 11.1 Å². The van der Waals surface area contributed by atoms with Gasteiger partial charge in [-0.2, -0.15) is 0 Å². The van der Waals surface area contributed by atoms with Crippen molar-refractivity contribution in [1.29, 1.82) is 0 Å². The Morgan fingerprint density at radius 1 is 1.03 bits per heavy atom. The molecule has 1 aromatic heterocycles. The third-order valence-electron chi connectivity index (χ3n) is 4.46. The van der Waals surface area contributed by atoms with E-state index in [2.05, 4.69) is 15.5 Å². The fraction of sp³-hybridized carbons (Fsp3) is 0.304. The van der Waals surface area contributed by atoms with Gasteiger partial charge in [0.05, 0.1) is 6.61 Å². The van der Waals surface area contributed by atoms with E-state index in [0.717, 1.165) is 5.56 Å². The normalized spacial score (nSPS) is 11.7. The standard InChI is InChI=1S/C23H25N3O5/c1-4-29-18-12-10-16(11-13-18)21(27)24-20(15(2)3)23(28)30-14-19-25-26-22(31-19)17-8-6-5-7-9-17/h5-13,15,20H,4,14H2,1-3H3,(H,24,27)/t20-/m0/s1. The third-order valence-corrected chi connectivity index (χ3v) is 4.46. The van der Waals surface area contributed by atoms with Gasteiger partial charge in [-0.1, -0.05) is 32.0 Å². The van der Waals surface area contributed by atoms with Crippen molar-refractivity contribution < 1.29 is 23.5 Å². The van der Waals surface area contributed by atoms with E-state index in [1.807, 2.05) is 51.1 Å². The molecular formula is C23H25N3O5. The molecule has 0 saturated carbocycles. The first-order valence-electron chi connectivity index (χ1n) is 10.1. The van der Waals surface area contributed by atoms with E-state index < -0.39 is 12.0 Å². The van der Waals surface area contributed by atoms with Gasteiger partial charge in [0.15, 0.2) is 6.61 Å². The van der Waals surface area contributed by atoms with Gasteiger partial charge in [-0.25, -0.2) is 4.79 Å². The number of benzene rings is 2. The van der Waals surface area contributed by atoms with Crippen LogP contribution in [0.1, 0.15) is 37.0 Å². The number of hydrogen-bond donors (Lipinski definition) is 1. The molecule has 1 amide bonds. The second-order valence-electron chi connectivity index (χ2n) is 7.13. The van der Waals surface area contributed by atoms with Gasteiger partial charge in [-0.05, 0) is 49.2 Å². The molecule has 8 heteroatoms. The smallest absolute Gasteiger partial charge is 0.329 e. The highest BCUT2D eigenvalue weighted by Gasteiger charge is 2.27. The quantitative estimate of drug-likeness (QED) is 0.524. The van der Waals surface area contributed by atoms with E-state index in [1.54, 1.807) is 24.3 Å².